The molecule has 0 radical (unpaired) electrons. The minimum atomic E-state index is 0.617. The van der Waals surface area contributed by atoms with E-state index in [-0.39, 0.29) is 0 Å². The van der Waals surface area contributed by atoms with E-state index in [0.29, 0.717) is 13.2 Å². The smallest absolute Gasteiger partial charge is 0.127 e. The summed E-state index contributed by atoms with van der Waals surface area (Å²) in [4.78, 5) is 0. The van der Waals surface area contributed by atoms with Gasteiger partial charge in [-0.3, -0.25) is 0 Å². The lowest BCUT2D eigenvalue weighted by Gasteiger charge is -2.07. The van der Waals surface area contributed by atoms with Crippen molar-refractivity contribution in [1.29, 1.82) is 0 Å². The zero-order valence-electron chi connectivity index (χ0n) is 11.3. The number of methoxy groups -OCH3 is 2. The molecule has 0 heterocycles. The highest BCUT2D eigenvalue weighted by Gasteiger charge is 1.99. The standard InChI is InChI=1S/C16H18O3/c1-17-11-13-3-7-15(8-4-13)19-16-9-5-14(6-10-16)12-18-2/h3-10H,11-12H2,1-2H3. The first kappa shape index (κ1) is 13.6. The first-order valence-corrected chi connectivity index (χ1v) is 6.15. The molecule has 0 aromatic heterocycles. The van der Waals surface area contributed by atoms with E-state index in [1.165, 1.54) is 0 Å². The van der Waals surface area contributed by atoms with Crippen LogP contribution in [0.3, 0.4) is 0 Å². The van der Waals surface area contributed by atoms with Crippen LogP contribution < -0.4 is 4.74 Å². The Morgan fingerprint density at radius 2 is 1.00 bits per heavy atom. The largest absolute Gasteiger partial charge is 0.457 e. The van der Waals surface area contributed by atoms with Crippen LogP contribution in [0, 0.1) is 0 Å². The molecule has 0 amide bonds. The summed E-state index contributed by atoms with van der Waals surface area (Å²) in [5, 5.41) is 0. The van der Waals surface area contributed by atoms with Crippen molar-refractivity contribution in [2.75, 3.05) is 14.2 Å². The molecule has 0 bridgehead atoms. The van der Waals surface area contributed by atoms with Gasteiger partial charge in [0, 0.05) is 14.2 Å². The average Bonchev–Trinajstić information content (AvgIpc) is 2.44. The summed E-state index contributed by atoms with van der Waals surface area (Å²) in [6.45, 7) is 1.23. The Morgan fingerprint density at radius 3 is 1.32 bits per heavy atom. The highest BCUT2D eigenvalue weighted by molar-refractivity contribution is 5.34. The van der Waals surface area contributed by atoms with Crippen molar-refractivity contribution >= 4 is 0 Å². The second-order valence-electron chi connectivity index (χ2n) is 4.26. The van der Waals surface area contributed by atoms with Crippen molar-refractivity contribution in [2.45, 2.75) is 13.2 Å². The fourth-order valence-electron chi connectivity index (χ4n) is 1.78. The second-order valence-corrected chi connectivity index (χ2v) is 4.26. The van der Waals surface area contributed by atoms with Crippen LogP contribution in [-0.2, 0) is 22.7 Å². The third kappa shape index (κ3) is 4.09. The molecule has 0 saturated heterocycles. The zero-order chi connectivity index (χ0) is 13.5. The van der Waals surface area contributed by atoms with Gasteiger partial charge in [-0.15, -0.1) is 0 Å². The first-order valence-electron chi connectivity index (χ1n) is 6.15. The number of hydrogen-bond acceptors (Lipinski definition) is 3. The lowest BCUT2D eigenvalue weighted by molar-refractivity contribution is 0.185. The van der Waals surface area contributed by atoms with E-state index in [4.69, 9.17) is 14.2 Å². The molecule has 0 N–H and O–H groups in total. The normalized spacial score (nSPS) is 10.4. The molecule has 0 aliphatic rings. The van der Waals surface area contributed by atoms with Gasteiger partial charge in [0.05, 0.1) is 13.2 Å². The van der Waals surface area contributed by atoms with Gasteiger partial charge >= 0.3 is 0 Å². The van der Waals surface area contributed by atoms with Crippen LogP contribution in [0.15, 0.2) is 48.5 Å². The molecule has 19 heavy (non-hydrogen) atoms. The van der Waals surface area contributed by atoms with Crippen LogP contribution >= 0.6 is 0 Å². The third-order valence-electron chi connectivity index (χ3n) is 2.70. The molecular formula is C16H18O3. The molecule has 0 unspecified atom stereocenters. The molecule has 2 aromatic rings. The number of rotatable bonds is 6. The van der Waals surface area contributed by atoms with E-state index < -0.39 is 0 Å². The zero-order valence-corrected chi connectivity index (χ0v) is 11.3. The summed E-state index contributed by atoms with van der Waals surface area (Å²) in [5.41, 5.74) is 2.26. The van der Waals surface area contributed by atoms with Crippen molar-refractivity contribution in [2.24, 2.45) is 0 Å². The molecule has 0 aliphatic carbocycles. The monoisotopic (exact) mass is 258 g/mol. The van der Waals surface area contributed by atoms with Crippen LogP contribution in [0.5, 0.6) is 11.5 Å². The maximum Gasteiger partial charge on any atom is 0.127 e. The minimum Gasteiger partial charge on any atom is -0.457 e. The maximum atomic E-state index is 5.76. The van der Waals surface area contributed by atoms with Gasteiger partial charge in [0.25, 0.3) is 0 Å². The number of hydrogen-bond donors (Lipinski definition) is 0. The van der Waals surface area contributed by atoms with Gasteiger partial charge in [0.15, 0.2) is 0 Å². The Balaban J connectivity index is 1.99. The summed E-state index contributed by atoms with van der Waals surface area (Å²) >= 11 is 0. The molecule has 0 spiro atoms. The highest BCUT2D eigenvalue weighted by atomic mass is 16.5. The Morgan fingerprint density at radius 1 is 0.632 bits per heavy atom. The lowest BCUT2D eigenvalue weighted by atomic mass is 10.2. The van der Waals surface area contributed by atoms with Gasteiger partial charge < -0.3 is 14.2 Å². The van der Waals surface area contributed by atoms with Gasteiger partial charge in [0.2, 0.25) is 0 Å². The SMILES string of the molecule is COCc1ccc(Oc2ccc(COC)cc2)cc1. The van der Waals surface area contributed by atoms with Crippen LogP contribution in [0.2, 0.25) is 0 Å². The highest BCUT2D eigenvalue weighted by Crippen LogP contribution is 2.22. The molecule has 0 aliphatic heterocycles. The second kappa shape index (κ2) is 6.92. The van der Waals surface area contributed by atoms with Crippen LogP contribution in [0.25, 0.3) is 0 Å². The van der Waals surface area contributed by atoms with Crippen molar-refractivity contribution < 1.29 is 14.2 Å². The molecular weight excluding hydrogens is 240 g/mol. The number of benzene rings is 2. The summed E-state index contributed by atoms with van der Waals surface area (Å²) in [5.74, 6) is 1.64. The van der Waals surface area contributed by atoms with Gasteiger partial charge in [-0.2, -0.15) is 0 Å². The van der Waals surface area contributed by atoms with Gasteiger partial charge in [-0.1, -0.05) is 24.3 Å². The fourth-order valence-corrected chi connectivity index (χ4v) is 1.78. The third-order valence-corrected chi connectivity index (χ3v) is 2.70. The molecule has 0 fully saturated rings. The quantitative estimate of drug-likeness (QED) is 0.789. The number of ether oxygens (including phenoxy) is 3. The molecule has 3 nitrogen and oxygen atoms in total. The Kier molecular flexibility index (Phi) is 4.95. The molecule has 2 aromatic carbocycles. The summed E-state index contributed by atoms with van der Waals surface area (Å²) < 4.78 is 15.9. The Hall–Kier alpha value is -1.84. The van der Waals surface area contributed by atoms with Crippen molar-refractivity contribution in [1.82, 2.24) is 0 Å². The van der Waals surface area contributed by atoms with Gasteiger partial charge in [0.1, 0.15) is 11.5 Å². The van der Waals surface area contributed by atoms with E-state index in [1.54, 1.807) is 14.2 Å². The fraction of sp³-hybridized carbons (Fsp3) is 0.250. The average molecular weight is 258 g/mol. The Bertz CT molecular complexity index is 441. The van der Waals surface area contributed by atoms with E-state index >= 15 is 0 Å². The predicted molar refractivity (Wildman–Crippen MR) is 74.4 cm³/mol. The van der Waals surface area contributed by atoms with Crippen molar-refractivity contribution in [3.63, 3.8) is 0 Å². The van der Waals surface area contributed by atoms with E-state index in [2.05, 4.69) is 0 Å². The van der Waals surface area contributed by atoms with Crippen LogP contribution in [0.4, 0.5) is 0 Å². The lowest BCUT2D eigenvalue weighted by Crippen LogP contribution is -1.90. The van der Waals surface area contributed by atoms with Gasteiger partial charge in [-0.05, 0) is 35.4 Å². The molecule has 0 saturated carbocycles. The van der Waals surface area contributed by atoms with Crippen molar-refractivity contribution in [3.05, 3.63) is 59.7 Å². The van der Waals surface area contributed by atoms with Crippen LogP contribution in [-0.4, -0.2) is 14.2 Å². The van der Waals surface area contributed by atoms with E-state index in [1.807, 2.05) is 48.5 Å². The summed E-state index contributed by atoms with van der Waals surface area (Å²) in [6, 6.07) is 15.8. The topological polar surface area (TPSA) is 27.7 Å². The van der Waals surface area contributed by atoms with E-state index in [0.717, 1.165) is 22.6 Å². The minimum absolute atomic E-state index is 0.617. The molecule has 0 atom stereocenters. The molecule has 100 valence electrons. The van der Waals surface area contributed by atoms with Gasteiger partial charge in [-0.25, -0.2) is 0 Å². The van der Waals surface area contributed by atoms with Crippen LogP contribution in [0.1, 0.15) is 11.1 Å². The summed E-state index contributed by atoms with van der Waals surface area (Å²) in [6.07, 6.45) is 0. The predicted octanol–water partition coefficient (Wildman–Crippen LogP) is 3.77. The molecule has 3 heteroatoms. The molecule has 2 rings (SSSR count). The maximum absolute atomic E-state index is 5.76. The van der Waals surface area contributed by atoms with E-state index in [9.17, 15) is 0 Å². The Labute approximate surface area is 113 Å². The summed E-state index contributed by atoms with van der Waals surface area (Å²) in [7, 11) is 3.37. The van der Waals surface area contributed by atoms with Crippen molar-refractivity contribution in [3.8, 4) is 11.5 Å². The first-order chi connectivity index (χ1) is 9.31.